The molecule has 5 nitrogen and oxygen atoms in total. The highest BCUT2D eigenvalue weighted by molar-refractivity contribution is 6.30. The molecule has 2 aromatic carbocycles. The van der Waals surface area contributed by atoms with Crippen LogP contribution in [0.4, 0.5) is 0 Å². The molecule has 1 saturated heterocycles. The number of nitrogens with zero attached hydrogens (tertiary/aromatic N) is 2. The predicted molar refractivity (Wildman–Crippen MR) is 132 cm³/mol. The highest BCUT2D eigenvalue weighted by Crippen LogP contribution is 2.25. The Hall–Kier alpha value is -2.60. The Kier molecular flexibility index (Phi) is 8.21. The first-order valence-electron chi connectivity index (χ1n) is 11.2. The fraction of sp³-hybridized carbons (Fsp3) is 0.308. The molecule has 1 atom stereocenters. The van der Waals surface area contributed by atoms with Crippen LogP contribution in [0.3, 0.4) is 0 Å². The number of amides is 1. The highest BCUT2D eigenvalue weighted by atomic mass is 35.5. The molecule has 1 fully saturated rings. The minimum absolute atomic E-state index is 0.0167. The number of nitrogens with one attached hydrogen (secondary N) is 1. The van der Waals surface area contributed by atoms with Gasteiger partial charge in [-0.3, -0.25) is 14.7 Å². The van der Waals surface area contributed by atoms with Gasteiger partial charge in [-0.25, -0.2) is 0 Å². The van der Waals surface area contributed by atoms with Gasteiger partial charge < -0.3 is 10.1 Å². The van der Waals surface area contributed by atoms with Crippen molar-refractivity contribution in [2.24, 2.45) is 5.92 Å². The Labute approximate surface area is 204 Å². The minimum Gasteiger partial charge on any atom is -0.492 e. The summed E-state index contributed by atoms with van der Waals surface area (Å²) in [5.41, 5.74) is 1.77. The van der Waals surface area contributed by atoms with Crippen LogP contribution in [0.2, 0.25) is 10.0 Å². The van der Waals surface area contributed by atoms with Gasteiger partial charge in [-0.15, -0.1) is 0 Å². The van der Waals surface area contributed by atoms with Crippen LogP contribution in [0.25, 0.3) is 0 Å². The monoisotopic (exact) mass is 483 g/mol. The molecule has 0 unspecified atom stereocenters. The Morgan fingerprint density at radius 1 is 1.00 bits per heavy atom. The van der Waals surface area contributed by atoms with Gasteiger partial charge in [-0.05, 0) is 80.0 Å². The van der Waals surface area contributed by atoms with Crippen molar-refractivity contribution in [2.45, 2.75) is 18.9 Å². The van der Waals surface area contributed by atoms with E-state index >= 15 is 0 Å². The van der Waals surface area contributed by atoms with Gasteiger partial charge in [0.1, 0.15) is 12.4 Å². The number of hydrogen-bond donors (Lipinski definition) is 1. The molecule has 7 heteroatoms. The lowest BCUT2D eigenvalue weighted by Crippen LogP contribution is -2.42. The van der Waals surface area contributed by atoms with E-state index in [4.69, 9.17) is 27.9 Å². The Balaban J connectivity index is 1.29. The molecule has 1 N–H and O–H groups in total. The maximum absolute atomic E-state index is 13.1. The van der Waals surface area contributed by atoms with Gasteiger partial charge in [0, 0.05) is 28.7 Å². The second-order valence-corrected chi connectivity index (χ2v) is 9.04. The molecule has 172 valence electrons. The zero-order chi connectivity index (χ0) is 23.0. The first kappa shape index (κ1) is 23.6. The molecular weight excluding hydrogens is 457 g/mol. The molecule has 3 aromatic rings. The smallest absolute Gasteiger partial charge is 0.224 e. The first-order chi connectivity index (χ1) is 16.1. The van der Waals surface area contributed by atoms with Crippen LogP contribution in [0.15, 0.2) is 72.9 Å². The Morgan fingerprint density at radius 2 is 1.67 bits per heavy atom. The largest absolute Gasteiger partial charge is 0.492 e. The van der Waals surface area contributed by atoms with Gasteiger partial charge in [0.2, 0.25) is 5.91 Å². The quantitative estimate of drug-likeness (QED) is 0.466. The van der Waals surface area contributed by atoms with Crippen LogP contribution in [0, 0.1) is 5.92 Å². The summed E-state index contributed by atoms with van der Waals surface area (Å²) in [6.45, 7) is 3.18. The van der Waals surface area contributed by atoms with Gasteiger partial charge in [-0.2, -0.15) is 0 Å². The average molecular weight is 484 g/mol. The van der Waals surface area contributed by atoms with Crippen LogP contribution in [-0.4, -0.2) is 42.0 Å². The fourth-order valence-electron chi connectivity index (χ4n) is 4.03. The molecule has 0 aliphatic carbocycles. The van der Waals surface area contributed by atoms with E-state index in [-0.39, 0.29) is 17.9 Å². The third kappa shape index (κ3) is 6.70. The zero-order valence-electron chi connectivity index (χ0n) is 18.3. The number of hydrogen-bond acceptors (Lipinski definition) is 4. The van der Waals surface area contributed by atoms with Crippen LogP contribution < -0.4 is 10.1 Å². The molecule has 2 heterocycles. The summed E-state index contributed by atoms with van der Waals surface area (Å²) in [6.07, 6.45) is 3.39. The lowest BCUT2D eigenvalue weighted by molar-refractivity contribution is -0.127. The van der Waals surface area contributed by atoms with Crippen molar-refractivity contribution >= 4 is 29.1 Å². The summed E-state index contributed by atoms with van der Waals surface area (Å²) < 4.78 is 5.80. The van der Waals surface area contributed by atoms with Crippen molar-refractivity contribution in [3.63, 3.8) is 0 Å². The molecule has 4 rings (SSSR count). The molecule has 33 heavy (non-hydrogen) atoms. The van der Waals surface area contributed by atoms with Gasteiger partial charge in [0.15, 0.2) is 0 Å². The van der Waals surface area contributed by atoms with Gasteiger partial charge in [-0.1, -0.05) is 41.4 Å². The second kappa shape index (κ2) is 11.5. The number of likely N-dealkylation sites (tertiary alicyclic amines) is 1. The van der Waals surface area contributed by atoms with Crippen molar-refractivity contribution in [1.29, 1.82) is 0 Å². The molecule has 1 aliphatic heterocycles. The van der Waals surface area contributed by atoms with Crippen LogP contribution in [0.1, 0.15) is 30.1 Å². The van der Waals surface area contributed by atoms with Crippen molar-refractivity contribution in [1.82, 2.24) is 15.2 Å². The minimum atomic E-state index is -0.304. The van der Waals surface area contributed by atoms with Crippen molar-refractivity contribution in [3.8, 4) is 5.75 Å². The molecule has 1 aliphatic rings. The van der Waals surface area contributed by atoms with Crippen molar-refractivity contribution < 1.29 is 9.53 Å². The van der Waals surface area contributed by atoms with E-state index in [0.717, 1.165) is 49.5 Å². The number of carbonyl (C=O) groups excluding carboxylic acids is 1. The molecule has 0 bridgehead atoms. The number of carbonyl (C=O) groups is 1. The summed E-state index contributed by atoms with van der Waals surface area (Å²) in [5.74, 6) is 0.867. The van der Waals surface area contributed by atoms with E-state index < -0.39 is 0 Å². The summed E-state index contributed by atoms with van der Waals surface area (Å²) in [7, 11) is 0. The lowest BCUT2D eigenvalue weighted by Gasteiger charge is -2.32. The third-order valence-corrected chi connectivity index (χ3v) is 6.43. The van der Waals surface area contributed by atoms with Crippen LogP contribution in [0.5, 0.6) is 5.75 Å². The van der Waals surface area contributed by atoms with E-state index in [9.17, 15) is 4.79 Å². The number of piperidine rings is 1. The summed E-state index contributed by atoms with van der Waals surface area (Å²) in [4.78, 5) is 20.0. The first-order valence-corrected chi connectivity index (χ1v) is 11.9. The number of rotatable bonds is 8. The summed E-state index contributed by atoms with van der Waals surface area (Å²) in [5, 5.41) is 4.59. The Morgan fingerprint density at radius 3 is 2.30 bits per heavy atom. The highest BCUT2D eigenvalue weighted by Gasteiger charge is 2.27. The molecule has 1 amide bonds. The zero-order valence-corrected chi connectivity index (χ0v) is 19.8. The second-order valence-electron chi connectivity index (χ2n) is 8.17. The van der Waals surface area contributed by atoms with Crippen molar-refractivity contribution in [3.05, 3.63) is 94.2 Å². The number of aromatic nitrogens is 1. The fourth-order valence-corrected chi connectivity index (χ4v) is 4.28. The molecule has 0 saturated carbocycles. The van der Waals surface area contributed by atoms with E-state index in [2.05, 4.69) is 15.2 Å². The third-order valence-electron chi connectivity index (χ3n) is 5.92. The van der Waals surface area contributed by atoms with Crippen LogP contribution in [-0.2, 0) is 4.79 Å². The van der Waals surface area contributed by atoms with E-state index in [1.807, 2.05) is 66.7 Å². The average Bonchev–Trinajstić information content (AvgIpc) is 2.85. The molecule has 1 aromatic heterocycles. The summed E-state index contributed by atoms with van der Waals surface area (Å²) in [6, 6.07) is 20.4. The van der Waals surface area contributed by atoms with E-state index in [1.165, 1.54) is 0 Å². The number of ether oxygens (including phenoxy) is 1. The number of halogens is 2. The SMILES string of the molecule is O=C(N[C@@H](c1ccc(Cl)cc1)c1ccccn1)C1CCN(CCOc2ccc(Cl)cc2)CC1. The predicted octanol–water partition coefficient (Wildman–Crippen LogP) is 5.39. The lowest BCUT2D eigenvalue weighted by atomic mass is 9.94. The normalized spacial score (nSPS) is 15.7. The molecule has 0 spiro atoms. The summed E-state index contributed by atoms with van der Waals surface area (Å²) >= 11 is 12.0. The maximum atomic E-state index is 13.1. The molecular formula is C26H27Cl2N3O2. The van der Waals surface area contributed by atoms with Crippen molar-refractivity contribution in [2.75, 3.05) is 26.2 Å². The van der Waals surface area contributed by atoms with E-state index in [1.54, 1.807) is 6.20 Å². The van der Waals surface area contributed by atoms with Gasteiger partial charge in [0.25, 0.3) is 0 Å². The standard InChI is InChI=1S/C26H27Cl2N3O2/c27-21-6-4-19(5-7-21)25(24-3-1-2-14-29-24)30-26(32)20-12-15-31(16-13-20)17-18-33-23-10-8-22(28)9-11-23/h1-11,14,20,25H,12-13,15-18H2,(H,30,32)/t25-/m0/s1. The van der Waals surface area contributed by atoms with Crippen LogP contribution >= 0.6 is 23.2 Å². The number of pyridine rings is 1. The maximum Gasteiger partial charge on any atom is 0.224 e. The Bertz CT molecular complexity index is 1020. The van der Waals surface area contributed by atoms with Gasteiger partial charge >= 0.3 is 0 Å². The number of benzene rings is 2. The molecule has 0 radical (unpaired) electrons. The topological polar surface area (TPSA) is 54.5 Å². The van der Waals surface area contributed by atoms with Gasteiger partial charge in [0.05, 0.1) is 11.7 Å². The van der Waals surface area contributed by atoms with E-state index in [0.29, 0.717) is 16.7 Å².